The van der Waals surface area contributed by atoms with Gasteiger partial charge in [-0.2, -0.15) is 0 Å². The van der Waals surface area contributed by atoms with E-state index in [-0.39, 0.29) is 0 Å². The van der Waals surface area contributed by atoms with Crippen LogP contribution in [0.2, 0.25) is 0 Å². The summed E-state index contributed by atoms with van der Waals surface area (Å²) in [6, 6.07) is 54.1. The van der Waals surface area contributed by atoms with Gasteiger partial charge < -0.3 is 0 Å². The minimum Gasteiger partial charge on any atom is -0.293 e. The third-order valence-electron chi connectivity index (χ3n) is 8.04. The molecule has 0 bridgehead atoms. The normalized spacial score (nSPS) is 11.4. The third kappa shape index (κ3) is 3.92. The maximum Gasteiger partial charge on any atom is 0.137 e. The summed E-state index contributed by atoms with van der Waals surface area (Å²) in [6.07, 6.45) is 1.98. The minimum absolute atomic E-state index is 0.908. The van der Waals surface area contributed by atoms with E-state index in [1.54, 1.807) is 0 Å². The molecule has 0 N–H and O–H groups in total. The fourth-order valence-corrected chi connectivity index (χ4v) is 6.13. The quantitative estimate of drug-likeness (QED) is 0.225. The van der Waals surface area contributed by atoms with E-state index in [4.69, 9.17) is 4.98 Å². The Labute approximate surface area is 238 Å². The van der Waals surface area contributed by atoms with E-state index in [9.17, 15) is 0 Å². The Bertz CT molecular complexity index is 2170. The largest absolute Gasteiger partial charge is 0.293 e. The van der Waals surface area contributed by atoms with Gasteiger partial charge in [0.1, 0.15) is 5.82 Å². The smallest absolute Gasteiger partial charge is 0.137 e. The zero-order chi connectivity index (χ0) is 27.2. The monoisotopic (exact) mass is 522 g/mol. The molecule has 0 radical (unpaired) electrons. The van der Waals surface area contributed by atoms with Gasteiger partial charge in [-0.25, -0.2) is 4.98 Å². The van der Waals surface area contributed by atoms with E-state index >= 15 is 0 Å². The van der Waals surface area contributed by atoms with Crippen LogP contribution in [0.4, 0.5) is 0 Å². The molecule has 2 nitrogen and oxygen atoms in total. The summed E-state index contributed by atoms with van der Waals surface area (Å²) in [4.78, 5) is 5.02. The van der Waals surface area contributed by atoms with E-state index in [2.05, 4.69) is 150 Å². The summed E-state index contributed by atoms with van der Waals surface area (Å²) >= 11 is 0. The van der Waals surface area contributed by atoms with Crippen LogP contribution in [0.5, 0.6) is 0 Å². The Morgan fingerprint density at radius 1 is 0.415 bits per heavy atom. The number of hydrogen-bond donors (Lipinski definition) is 0. The molecule has 0 unspecified atom stereocenters. The molecule has 0 aliphatic carbocycles. The van der Waals surface area contributed by atoms with Gasteiger partial charge in [0.15, 0.2) is 0 Å². The minimum atomic E-state index is 0.908. The van der Waals surface area contributed by atoms with Crippen molar-refractivity contribution in [1.29, 1.82) is 0 Å². The van der Waals surface area contributed by atoms with Crippen LogP contribution in [0.15, 0.2) is 158 Å². The van der Waals surface area contributed by atoms with Crippen LogP contribution < -0.4 is 0 Å². The summed E-state index contributed by atoms with van der Waals surface area (Å²) in [5.74, 6) is 0.908. The molecule has 0 atom stereocenters. The topological polar surface area (TPSA) is 17.8 Å². The molecule has 192 valence electrons. The van der Waals surface area contributed by atoms with Gasteiger partial charge in [0.2, 0.25) is 0 Å². The van der Waals surface area contributed by atoms with Crippen LogP contribution >= 0.6 is 0 Å². The lowest BCUT2D eigenvalue weighted by Gasteiger charge is -2.14. The number of para-hydroxylation sites is 1. The van der Waals surface area contributed by atoms with Crippen LogP contribution in [0.3, 0.4) is 0 Å². The molecule has 8 rings (SSSR count). The molecular formula is C39H26N2. The van der Waals surface area contributed by atoms with Gasteiger partial charge >= 0.3 is 0 Å². The van der Waals surface area contributed by atoms with E-state index in [1.807, 2.05) is 12.3 Å². The van der Waals surface area contributed by atoms with Crippen LogP contribution in [-0.2, 0) is 0 Å². The molecule has 6 aromatic carbocycles. The second-order valence-electron chi connectivity index (χ2n) is 10.4. The molecule has 41 heavy (non-hydrogen) atoms. The lowest BCUT2D eigenvalue weighted by atomic mass is 9.93. The summed E-state index contributed by atoms with van der Waals surface area (Å²) in [5.41, 5.74) is 9.42. The fraction of sp³-hybridized carbons (Fsp3) is 0. The average Bonchev–Trinajstić information content (AvgIpc) is 3.39. The van der Waals surface area contributed by atoms with Crippen LogP contribution in [0.1, 0.15) is 0 Å². The predicted molar refractivity (Wildman–Crippen MR) is 172 cm³/mol. The molecule has 0 saturated heterocycles. The zero-order valence-electron chi connectivity index (χ0n) is 22.4. The summed E-state index contributed by atoms with van der Waals surface area (Å²) in [7, 11) is 0. The Morgan fingerprint density at radius 2 is 1.10 bits per heavy atom. The molecule has 2 heterocycles. The van der Waals surface area contributed by atoms with E-state index in [0.29, 0.717) is 0 Å². The lowest BCUT2D eigenvalue weighted by Crippen LogP contribution is -1.99. The van der Waals surface area contributed by atoms with Crippen LogP contribution in [0, 0.1) is 0 Å². The highest BCUT2D eigenvalue weighted by atomic mass is 15.1. The van der Waals surface area contributed by atoms with Crippen molar-refractivity contribution >= 4 is 32.6 Å². The highest BCUT2D eigenvalue weighted by Crippen LogP contribution is 2.42. The van der Waals surface area contributed by atoms with Crippen molar-refractivity contribution in [3.05, 3.63) is 158 Å². The fourth-order valence-electron chi connectivity index (χ4n) is 6.13. The van der Waals surface area contributed by atoms with Crippen molar-refractivity contribution in [2.45, 2.75) is 0 Å². The second-order valence-corrected chi connectivity index (χ2v) is 10.4. The van der Waals surface area contributed by atoms with Gasteiger partial charge in [0.05, 0.1) is 11.0 Å². The first-order valence-electron chi connectivity index (χ1n) is 14.0. The number of hydrogen-bond acceptors (Lipinski definition) is 1. The molecule has 0 fully saturated rings. The maximum atomic E-state index is 5.02. The summed E-state index contributed by atoms with van der Waals surface area (Å²) in [6.45, 7) is 0. The standard InChI is InChI=1S/C39H26N2/c1-3-12-27(13-4-1)30-22-23-38(40-26-30)41-37-21-10-9-19-34(37)36-25-31(24-35(39(36)41)29-14-5-2-6-15-29)33-20-11-17-28-16-7-8-18-32(28)33/h1-26H. The molecule has 8 aromatic rings. The number of pyridine rings is 1. The van der Waals surface area contributed by atoms with Crippen LogP contribution in [0.25, 0.3) is 71.8 Å². The van der Waals surface area contributed by atoms with Crippen molar-refractivity contribution in [3.63, 3.8) is 0 Å². The van der Waals surface area contributed by atoms with Gasteiger partial charge in [0.25, 0.3) is 0 Å². The first-order valence-corrected chi connectivity index (χ1v) is 14.0. The molecule has 0 spiro atoms. The first-order chi connectivity index (χ1) is 20.3. The van der Waals surface area contributed by atoms with Crippen LogP contribution in [-0.4, -0.2) is 9.55 Å². The van der Waals surface area contributed by atoms with Gasteiger partial charge in [-0.15, -0.1) is 0 Å². The summed E-state index contributed by atoms with van der Waals surface area (Å²) < 4.78 is 2.33. The van der Waals surface area contributed by atoms with Gasteiger partial charge in [-0.1, -0.05) is 121 Å². The highest BCUT2D eigenvalue weighted by molar-refractivity contribution is 6.16. The zero-order valence-corrected chi connectivity index (χ0v) is 22.4. The van der Waals surface area contributed by atoms with E-state index < -0.39 is 0 Å². The Morgan fingerprint density at radius 3 is 1.88 bits per heavy atom. The van der Waals surface area contributed by atoms with Gasteiger partial charge in [-0.3, -0.25) is 4.57 Å². The van der Waals surface area contributed by atoms with Crippen molar-refractivity contribution < 1.29 is 0 Å². The Balaban J connectivity index is 1.44. The number of fused-ring (bicyclic) bond motifs is 4. The van der Waals surface area contributed by atoms with Crippen molar-refractivity contribution in [2.75, 3.05) is 0 Å². The Hall–Kier alpha value is -5.47. The molecule has 2 aromatic heterocycles. The number of rotatable bonds is 4. The first kappa shape index (κ1) is 23.4. The molecule has 0 amide bonds. The Kier molecular flexibility index (Phi) is 5.49. The number of aromatic nitrogens is 2. The van der Waals surface area contributed by atoms with E-state index in [0.717, 1.165) is 16.9 Å². The molecule has 0 aliphatic rings. The van der Waals surface area contributed by atoms with Crippen molar-refractivity contribution in [2.24, 2.45) is 0 Å². The lowest BCUT2D eigenvalue weighted by molar-refractivity contribution is 1.08. The number of nitrogens with zero attached hydrogens (tertiary/aromatic N) is 2. The molecule has 0 aliphatic heterocycles. The predicted octanol–water partition coefficient (Wildman–Crippen LogP) is 10.3. The number of benzene rings is 6. The average molecular weight is 523 g/mol. The van der Waals surface area contributed by atoms with Gasteiger partial charge in [-0.05, 0) is 63.4 Å². The maximum absolute atomic E-state index is 5.02. The second kappa shape index (κ2) is 9.62. The van der Waals surface area contributed by atoms with E-state index in [1.165, 1.54) is 54.9 Å². The molecular weight excluding hydrogens is 496 g/mol. The van der Waals surface area contributed by atoms with Crippen molar-refractivity contribution in [1.82, 2.24) is 9.55 Å². The summed E-state index contributed by atoms with van der Waals surface area (Å²) in [5, 5.41) is 4.95. The molecule has 2 heteroatoms. The highest BCUT2D eigenvalue weighted by Gasteiger charge is 2.19. The van der Waals surface area contributed by atoms with Gasteiger partial charge in [0, 0.05) is 28.1 Å². The molecule has 0 saturated carbocycles. The van der Waals surface area contributed by atoms with Crippen molar-refractivity contribution in [3.8, 4) is 39.2 Å². The SMILES string of the molecule is c1ccc(-c2ccc(-n3c4ccccc4c4cc(-c5cccc6ccccc56)cc(-c5ccccc5)c43)nc2)cc1. The third-order valence-corrected chi connectivity index (χ3v) is 8.04.